The lowest BCUT2D eigenvalue weighted by atomic mass is 10.0. The van der Waals surface area contributed by atoms with Crippen LogP contribution in [0.25, 0.3) is 0 Å². The number of ether oxygens (including phenoxy) is 1. The maximum absolute atomic E-state index is 12.1. The van der Waals surface area contributed by atoms with E-state index in [-0.39, 0.29) is 11.9 Å². The number of amides is 1. The zero-order chi connectivity index (χ0) is 15.4. The van der Waals surface area contributed by atoms with Crippen LogP contribution in [0.3, 0.4) is 0 Å². The largest absolute Gasteiger partial charge is 0.491 e. The summed E-state index contributed by atoms with van der Waals surface area (Å²) in [6, 6.07) is 15.7. The molecule has 1 aliphatic heterocycles. The van der Waals surface area contributed by atoms with Crippen molar-refractivity contribution in [2.24, 2.45) is 0 Å². The fraction of sp³-hybridized carbons (Fsp3) is 0.278. The molecule has 3 N–H and O–H groups in total. The Morgan fingerprint density at radius 1 is 1.18 bits per heavy atom. The number of aryl methyl sites for hydroxylation is 1. The maximum atomic E-state index is 12.1. The molecule has 0 aromatic heterocycles. The van der Waals surface area contributed by atoms with Gasteiger partial charge in [-0.25, -0.2) is 0 Å². The Balaban J connectivity index is 1.52. The second-order valence-corrected chi connectivity index (χ2v) is 5.59. The van der Waals surface area contributed by atoms with Crippen molar-refractivity contribution in [3.05, 3.63) is 59.7 Å². The quantitative estimate of drug-likeness (QED) is 0.851. The third kappa shape index (κ3) is 3.39. The Bertz CT molecular complexity index is 670. The highest BCUT2D eigenvalue weighted by molar-refractivity contribution is 5.77. The van der Waals surface area contributed by atoms with Crippen LogP contribution in [-0.4, -0.2) is 18.6 Å². The number of para-hydroxylation sites is 2. The van der Waals surface area contributed by atoms with Gasteiger partial charge >= 0.3 is 0 Å². The zero-order valence-electron chi connectivity index (χ0n) is 12.4. The number of carbonyl (C=O) groups excluding carboxylic acids is 1. The molecule has 1 amide bonds. The number of nitrogens with one attached hydrogen (secondary N) is 1. The Kier molecular flexibility index (Phi) is 4.28. The highest BCUT2D eigenvalue weighted by Gasteiger charge is 2.20. The molecule has 0 bridgehead atoms. The van der Waals surface area contributed by atoms with Crippen LogP contribution in [0.4, 0.5) is 5.69 Å². The molecular weight excluding hydrogens is 276 g/mol. The first-order chi connectivity index (χ1) is 10.7. The van der Waals surface area contributed by atoms with Crippen LogP contribution in [-0.2, 0) is 17.6 Å². The average Bonchev–Trinajstić information content (AvgIpc) is 2.54. The summed E-state index contributed by atoms with van der Waals surface area (Å²) in [5.74, 6) is 0.960. The third-order valence-corrected chi connectivity index (χ3v) is 3.92. The molecule has 0 saturated carbocycles. The topological polar surface area (TPSA) is 64.4 Å². The van der Waals surface area contributed by atoms with Gasteiger partial charge < -0.3 is 15.8 Å². The molecule has 0 aliphatic carbocycles. The zero-order valence-corrected chi connectivity index (χ0v) is 12.4. The lowest BCUT2D eigenvalue weighted by Crippen LogP contribution is -2.42. The van der Waals surface area contributed by atoms with Gasteiger partial charge in [0.25, 0.3) is 0 Å². The average molecular weight is 296 g/mol. The van der Waals surface area contributed by atoms with Crippen LogP contribution in [0.1, 0.15) is 17.5 Å². The molecule has 0 radical (unpaired) electrons. The Morgan fingerprint density at radius 2 is 1.95 bits per heavy atom. The molecule has 2 aromatic rings. The Labute approximate surface area is 130 Å². The minimum atomic E-state index is 0.0375. The summed E-state index contributed by atoms with van der Waals surface area (Å²) in [6.45, 7) is 0.524. The molecule has 2 aromatic carbocycles. The van der Waals surface area contributed by atoms with Crippen molar-refractivity contribution in [1.82, 2.24) is 5.32 Å². The van der Waals surface area contributed by atoms with E-state index in [9.17, 15) is 4.79 Å². The number of carbonyl (C=O) groups is 1. The van der Waals surface area contributed by atoms with Gasteiger partial charge in [-0.15, -0.1) is 0 Å². The lowest BCUT2D eigenvalue weighted by Gasteiger charge is -2.26. The summed E-state index contributed by atoms with van der Waals surface area (Å²) in [4.78, 5) is 12.1. The van der Waals surface area contributed by atoms with Crippen molar-refractivity contribution in [1.29, 1.82) is 0 Å². The van der Waals surface area contributed by atoms with Crippen molar-refractivity contribution in [2.75, 3.05) is 12.3 Å². The third-order valence-electron chi connectivity index (χ3n) is 3.92. The molecule has 4 nitrogen and oxygen atoms in total. The molecule has 0 fully saturated rings. The highest BCUT2D eigenvalue weighted by atomic mass is 16.5. The molecule has 1 unspecified atom stereocenters. The maximum Gasteiger partial charge on any atom is 0.220 e. The van der Waals surface area contributed by atoms with Crippen LogP contribution in [0, 0.1) is 0 Å². The number of benzene rings is 2. The monoisotopic (exact) mass is 296 g/mol. The summed E-state index contributed by atoms with van der Waals surface area (Å²) in [5, 5.41) is 3.04. The smallest absolute Gasteiger partial charge is 0.220 e. The fourth-order valence-electron chi connectivity index (χ4n) is 2.73. The van der Waals surface area contributed by atoms with E-state index in [1.807, 2.05) is 48.5 Å². The molecule has 22 heavy (non-hydrogen) atoms. The molecule has 3 rings (SSSR count). The van der Waals surface area contributed by atoms with Crippen molar-refractivity contribution in [3.63, 3.8) is 0 Å². The molecule has 0 spiro atoms. The summed E-state index contributed by atoms with van der Waals surface area (Å²) in [5.41, 5.74) is 8.79. The predicted octanol–water partition coefficient (Wildman–Crippen LogP) is 2.32. The van der Waals surface area contributed by atoms with E-state index in [1.54, 1.807) is 0 Å². The van der Waals surface area contributed by atoms with Gasteiger partial charge in [0.15, 0.2) is 0 Å². The standard InChI is InChI=1S/C18H20N2O2/c19-16-7-3-1-5-13(16)9-10-18(21)20-15-11-14-6-2-4-8-17(14)22-12-15/h1-8,15H,9-12,19H2,(H,20,21). The first kappa shape index (κ1) is 14.4. The van der Waals surface area contributed by atoms with Gasteiger partial charge in [0.05, 0.1) is 6.04 Å². The number of hydrogen-bond donors (Lipinski definition) is 2. The van der Waals surface area contributed by atoms with Crippen molar-refractivity contribution < 1.29 is 9.53 Å². The second-order valence-electron chi connectivity index (χ2n) is 5.59. The van der Waals surface area contributed by atoms with E-state index in [1.165, 1.54) is 0 Å². The predicted molar refractivity (Wildman–Crippen MR) is 86.7 cm³/mol. The van der Waals surface area contributed by atoms with Crippen LogP contribution < -0.4 is 15.8 Å². The van der Waals surface area contributed by atoms with E-state index in [4.69, 9.17) is 10.5 Å². The number of nitrogen functional groups attached to an aromatic ring is 1. The van der Waals surface area contributed by atoms with Gasteiger partial charge in [0.1, 0.15) is 12.4 Å². The Morgan fingerprint density at radius 3 is 2.82 bits per heavy atom. The fourth-order valence-corrected chi connectivity index (χ4v) is 2.73. The second kappa shape index (κ2) is 6.52. The van der Waals surface area contributed by atoms with Crippen molar-refractivity contribution in [2.45, 2.75) is 25.3 Å². The number of anilines is 1. The Hall–Kier alpha value is -2.49. The van der Waals surface area contributed by atoms with Gasteiger partial charge in [0.2, 0.25) is 5.91 Å². The van der Waals surface area contributed by atoms with Gasteiger partial charge in [-0.05, 0) is 36.1 Å². The molecule has 1 aliphatic rings. The first-order valence-electron chi connectivity index (χ1n) is 7.56. The SMILES string of the molecule is Nc1ccccc1CCC(=O)NC1COc2ccccc2C1. The van der Waals surface area contributed by atoms with Gasteiger partial charge in [0, 0.05) is 12.1 Å². The molecule has 4 heteroatoms. The van der Waals surface area contributed by atoms with E-state index >= 15 is 0 Å². The minimum absolute atomic E-state index is 0.0375. The van der Waals surface area contributed by atoms with E-state index in [0.29, 0.717) is 19.4 Å². The van der Waals surface area contributed by atoms with Crippen molar-refractivity contribution in [3.8, 4) is 5.75 Å². The van der Waals surface area contributed by atoms with Crippen molar-refractivity contribution >= 4 is 11.6 Å². The molecule has 114 valence electrons. The van der Waals surface area contributed by atoms with E-state index in [0.717, 1.165) is 29.0 Å². The van der Waals surface area contributed by atoms with Crippen LogP contribution in [0.2, 0.25) is 0 Å². The number of nitrogens with two attached hydrogens (primary N) is 1. The van der Waals surface area contributed by atoms with Crippen LogP contribution in [0.15, 0.2) is 48.5 Å². The summed E-state index contributed by atoms with van der Waals surface area (Å²) in [6.07, 6.45) is 1.91. The summed E-state index contributed by atoms with van der Waals surface area (Å²) in [7, 11) is 0. The van der Waals surface area contributed by atoms with Gasteiger partial charge in [-0.1, -0.05) is 36.4 Å². The van der Waals surface area contributed by atoms with Crippen LogP contribution >= 0.6 is 0 Å². The van der Waals surface area contributed by atoms with E-state index < -0.39 is 0 Å². The van der Waals surface area contributed by atoms with Gasteiger partial charge in [-0.2, -0.15) is 0 Å². The number of fused-ring (bicyclic) bond motifs is 1. The van der Waals surface area contributed by atoms with Crippen LogP contribution in [0.5, 0.6) is 5.75 Å². The molecule has 0 saturated heterocycles. The summed E-state index contributed by atoms with van der Waals surface area (Å²) < 4.78 is 5.68. The number of rotatable bonds is 4. The first-order valence-corrected chi connectivity index (χ1v) is 7.56. The molecular formula is C18H20N2O2. The molecule has 1 heterocycles. The number of hydrogen-bond acceptors (Lipinski definition) is 3. The highest BCUT2D eigenvalue weighted by Crippen LogP contribution is 2.23. The van der Waals surface area contributed by atoms with Gasteiger partial charge in [-0.3, -0.25) is 4.79 Å². The minimum Gasteiger partial charge on any atom is -0.491 e. The lowest BCUT2D eigenvalue weighted by molar-refractivity contribution is -0.122. The summed E-state index contributed by atoms with van der Waals surface area (Å²) >= 11 is 0. The normalized spacial score (nSPS) is 16.5. The van der Waals surface area contributed by atoms with E-state index in [2.05, 4.69) is 5.32 Å². The molecule has 1 atom stereocenters.